The summed E-state index contributed by atoms with van der Waals surface area (Å²) in [6.45, 7) is 9.30. The highest BCUT2D eigenvalue weighted by atomic mass is 15.3. The number of aryl methyl sites for hydroxylation is 1. The van der Waals surface area contributed by atoms with Crippen LogP contribution in [0, 0.1) is 6.92 Å². The maximum absolute atomic E-state index is 4.28. The van der Waals surface area contributed by atoms with Gasteiger partial charge in [-0.15, -0.1) is 5.10 Å². The predicted molar refractivity (Wildman–Crippen MR) is 79.4 cm³/mol. The monoisotopic (exact) mass is 260 g/mol. The van der Waals surface area contributed by atoms with Crippen molar-refractivity contribution < 1.29 is 0 Å². The van der Waals surface area contributed by atoms with E-state index in [9.17, 15) is 0 Å². The van der Waals surface area contributed by atoms with Crippen molar-refractivity contribution in [3.63, 3.8) is 0 Å². The maximum Gasteiger partial charge on any atom is 0.151 e. The van der Waals surface area contributed by atoms with Crippen LogP contribution in [0.5, 0.6) is 0 Å². The third-order valence-electron chi connectivity index (χ3n) is 3.45. The van der Waals surface area contributed by atoms with Gasteiger partial charge in [0, 0.05) is 25.7 Å². The molecule has 0 bridgehead atoms. The summed E-state index contributed by atoms with van der Waals surface area (Å²) in [6, 6.07) is 4.65. The SMILES string of the molecule is CC(C)=CCN[C@@H]1CCCN(c2ccc(C)nn2)C1. The summed E-state index contributed by atoms with van der Waals surface area (Å²) in [5, 5.41) is 12.0. The molecule has 0 aromatic carbocycles. The number of hydrogen-bond donors (Lipinski definition) is 1. The van der Waals surface area contributed by atoms with Crippen LogP contribution in [0.25, 0.3) is 0 Å². The van der Waals surface area contributed by atoms with Gasteiger partial charge < -0.3 is 10.2 Å². The topological polar surface area (TPSA) is 41.0 Å². The van der Waals surface area contributed by atoms with Gasteiger partial charge in [-0.3, -0.25) is 0 Å². The Morgan fingerprint density at radius 2 is 2.26 bits per heavy atom. The molecule has 1 atom stereocenters. The minimum absolute atomic E-state index is 0.549. The van der Waals surface area contributed by atoms with Crippen LogP contribution in [0.2, 0.25) is 0 Å². The second-order valence-corrected chi connectivity index (χ2v) is 5.51. The molecule has 0 aliphatic carbocycles. The highest BCUT2D eigenvalue weighted by Crippen LogP contribution is 2.17. The fraction of sp³-hybridized carbons (Fsp3) is 0.600. The number of aromatic nitrogens is 2. The smallest absolute Gasteiger partial charge is 0.151 e. The molecule has 4 nitrogen and oxygen atoms in total. The second-order valence-electron chi connectivity index (χ2n) is 5.51. The Morgan fingerprint density at radius 1 is 1.42 bits per heavy atom. The third-order valence-corrected chi connectivity index (χ3v) is 3.45. The first-order valence-electron chi connectivity index (χ1n) is 7.07. The number of hydrogen-bond acceptors (Lipinski definition) is 4. The van der Waals surface area contributed by atoms with Crippen molar-refractivity contribution in [2.75, 3.05) is 24.5 Å². The van der Waals surface area contributed by atoms with Crippen molar-refractivity contribution in [1.29, 1.82) is 0 Å². The molecular formula is C15H24N4. The first-order valence-corrected chi connectivity index (χ1v) is 7.07. The molecule has 2 heterocycles. The molecule has 4 heteroatoms. The number of nitrogens with zero attached hydrogens (tertiary/aromatic N) is 3. The summed E-state index contributed by atoms with van der Waals surface area (Å²) in [5.41, 5.74) is 2.34. The maximum atomic E-state index is 4.28. The lowest BCUT2D eigenvalue weighted by Crippen LogP contribution is -2.46. The first kappa shape index (κ1) is 14.0. The average molecular weight is 260 g/mol. The molecule has 1 aliphatic heterocycles. The Balaban J connectivity index is 1.89. The van der Waals surface area contributed by atoms with Crippen LogP contribution in [-0.2, 0) is 0 Å². The van der Waals surface area contributed by atoms with Gasteiger partial charge >= 0.3 is 0 Å². The molecule has 1 fully saturated rings. The first-order chi connectivity index (χ1) is 9.15. The summed E-state index contributed by atoms with van der Waals surface area (Å²) in [7, 11) is 0. The number of allylic oxidation sites excluding steroid dienone is 1. The Bertz CT molecular complexity index is 420. The molecule has 1 saturated heterocycles. The molecule has 2 rings (SSSR count). The molecule has 1 aliphatic rings. The molecule has 1 N–H and O–H groups in total. The van der Waals surface area contributed by atoms with Gasteiger partial charge in [-0.25, -0.2) is 0 Å². The van der Waals surface area contributed by atoms with Gasteiger partial charge in [0.05, 0.1) is 5.69 Å². The lowest BCUT2D eigenvalue weighted by Gasteiger charge is -2.33. The number of nitrogens with one attached hydrogen (secondary N) is 1. The standard InChI is InChI=1S/C15H24N4/c1-12(2)8-9-16-14-5-4-10-19(11-14)15-7-6-13(3)17-18-15/h6-8,14,16H,4-5,9-11H2,1-3H3/t14-/m1/s1. The zero-order valence-electron chi connectivity index (χ0n) is 12.2. The normalized spacial score (nSPS) is 19.3. The van der Waals surface area contributed by atoms with E-state index in [1.54, 1.807) is 0 Å². The van der Waals surface area contributed by atoms with Crippen molar-refractivity contribution in [1.82, 2.24) is 15.5 Å². The fourth-order valence-electron chi connectivity index (χ4n) is 2.34. The molecule has 0 saturated carbocycles. The van der Waals surface area contributed by atoms with Crippen LogP contribution in [0.1, 0.15) is 32.4 Å². The van der Waals surface area contributed by atoms with Gasteiger partial charge in [0.2, 0.25) is 0 Å². The summed E-state index contributed by atoms with van der Waals surface area (Å²) in [4.78, 5) is 2.33. The molecule has 0 radical (unpaired) electrons. The number of piperidine rings is 1. The summed E-state index contributed by atoms with van der Waals surface area (Å²) in [5.74, 6) is 0.999. The van der Waals surface area contributed by atoms with Crippen molar-refractivity contribution >= 4 is 5.82 Å². The van der Waals surface area contributed by atoms with Crippen LogP contribution in [0.4, 0.5) is 5.82 Å². The van der Waals surface area contributed by atoms with Crippen LogP contribution < -0.4 is 10.2 Å². The van der Waals surface area contributed by atoms with E-state index in [0.717, 1.165) is 31.1 Å². The minimum atomic E-state index is 0.549. The molecule has 1 aromatic heterocycles. The van der Waals surface area contributed by atoms with E-state index in [1.807, 2.05) is 13.0 Å². The van der Waals surface area contributed by atoms with Gasteiger partial charge in [0.1, 0.15) is 0 Å². The quantitative estimate of drug-likeness (QED) is 0.844. The van der Waals surface area contributed by atoms with Crippen LogP contribution in [0.15, 0.2) is 23.8 Å². The Hall–Kier alpha value is -1.42. The lowest BCUT2D eigenvalue weighted by atomic mass is 10.1. The second kappa shape index (κ2) is 6.66. The minimum Gasteiger partial charge on any atom is -0.354 e. The van der Waals surface area contributed by atoms with E-state index in [4.69, 9.17) is 0 Å². The number of rotatable bonds is 4. The van der Waals surface area contributed by atoms with Crippen LogP contribution >= 0.6 is 0 Å². The van der Waals surface area contributed by atoms with Crippen molar-refractivity contribution in [3.05, 3.63) is 29.5 Å². The molecule has 1 aromatic rings. The third kappa shape index (κ3) is 4.31. The molecule has 104 valence electrons. The Morgan fingerprint density at radius 3 is 2.95 bits per heavy atom. The van der Waals surface area contributed by atoms with E-state index < -0.39 is 0 Å². The number of anilines is 1. The van der Waals surface area contributed by atoms with Gasteiger partial charge in [0.15, 0.2) is 5.82 Å². The highest BCUT2D eigenvalue weighted by Gasteiger charge is 2.20. The molecular weight excluding hydrogens is 236 g/mol. The zero-order chi connectivity index (χ0) is 13.7. The van der Waals surface area contributed by atoms with E-state index in [0.29, 0.717) is 6.04 Å². The molecule has 19 heavy (non-hydrogen) atoms. The largest absolute Gasteiger partial charge is 0.354 e. The molecule has 0 unspecified atom stereocenters. The van der Waals surface area contributed by atoms with Gasteiger partial charge in [-0.1, -0.05) is 11.6 Å². The van der Waals surface area contributed by atoms with Crippen molar-refractivity contribution in [2.24, 2.45) is 0 Å². The van der Waals surface area contributed by atoms with E-state index in [-0.39, 0.29) is 0 Å². The molecule has 0 spiro atoms. The van der Waals surface area contributed by atoms with E-state index in [2.05, 4.69) is 46.4 Å². The average Bonchev–Trinajstić information content (AvgIpc) is 2.39. The van der Waals surface area contributed by atoms with Crippen LogP contribution in [-0.4, -0.2) is 35.9 Å². The van der Waals surface area contributed by atoms with Crippen LogP contribution in [0.3, 0.4) is 0 Å². The van der Waals surface area contributed by atoms with Crippen molar-refractivity contribution in [2.45, 2.75) is 39.7 Å². The fourth-order valence-corrected chi connectivity index (χ4v) is 2.34. The zero-order valence-corrected chi connectivity index (χ0v) is 12.2. The predicted octanol–water partition coefficient (Wildman–Crippen LogP) is 2.31. The van der Waals surface area contributed by atoms with Gasteiger partial charge in [0.25, 0.3) is 0 Å². The van der Waals surface area contributed by atoms with E-state index >= 15 is 0 Å². The van der Waals surface area contributed by atoms with Gasteiger partial charge in [-0.05, 0) is 45.7 Å². The highest BCUT2D eigenvalue weighted by molar-refractivity contribution is 5.38. The summed E-state index contributed by atoms with van der Waals surface area (Å²) < 4.78 is 0. The summed E-state index contributed by atoms with van der Waals surface area (Å²) in [6.07, 6.45) is 4.69. The Kier molecular flexibility index (Phi) is 4.91. The summed E-state index contributed by atoms with van der Waals surface area (Å²) >= 11 is 0. The Labute approximate surface area is 115 Å². The van der Waals surface area contributed by atoms with Gasteiger partial charge in [-0.2, -0.15) is 5.10 Å². The molecule has 0 amide bonds. The van der Waals surface area contributed by atoms with E-state index in [1.165, 1.54) is 18.4 Å². The lowest BCUT2D eigenvalue weighted by molar-refractivity contribution is 0.435. The van der Waals surface area contributed by atoms with Crippen molar-refractivity contribution in [3.8, 4) is 0 Å².